The maximum absolute atomic E-state index is 2.48. The number of benzene rings is 9. The summed E-state index contributed by atoms with van der Waals surface area (Å²) in [5.41, 5.74) is 19.7. The molecule has 57 heavy (non-hydrogen) atoms. The molecule has 1 aliphatic carbocycles. The minimum atomic E-state index is -0.481. The van der Waals surface area contributed by atoms with E-state index < -0.39 is 5.41 Å². The fraction of sp³-hybridized carbons (Fsp3) is 0.0357. The summed E-state index contributed by atoms with van der Waals surface area (Å²) in [5.74, 6) is 0.116. The van der Waals surface area contributed by atoms with Gasteiger partial charge < -0.3 is 4.90 Å². The largest absolute Gasteiger partial charge is 0.310 e. The van der Waals surface area contributed by atoms with Gasteiger partial charge in [-0.15, -0.1) is 0 Å². The molecule has 0 N–H and O–H groups in total. The zero-order valence-electron chi connectivity index (χ0n) is 31.5. The average molecular weight is 726 g/mol. The second-order valence-electron chi connectivity index (χ2n) is 15.2. The number of nitrogens with zero attached hydrogens (tertiary/aromatic N) is 1. The van der Waals surface area contributed by atoms with Crippen LogP contribution in [0.1, 0.15) is 44.9 Å². The molecular weight excluding hydrogens is 687 g/mol. The highest BCUT2D eigenvalue weighted by atomic mass is 15.2. The molecule has 0 bridgehead atoms. The molecular formula is C56H39N. The highest BCUT2D eigenvalue weighted by molar-refractivity contribution is 5.96. The summed E-state index contributed by atoms with van der Waals surface area (Å²) < 4.78 is 0. The van der Waals surface area contributed by atoms with Gasteiger partial charge in [0, 0.05) is 11.6 Å². The Kier molecular flexibility index (Phi) is 7.86. The number of para-hydroxylation sites is 3. The summed E-state index contributed by atoms with van der Waals surface area (Å²) in [6, 6.07) is 85.0. The topological polar surface area (TPSA) is 3.24 Å². The van der Waals surface area contributed by atoms with Crippen LogP contribution in [0.5, 0.6) is 0 Å². The molecule has 0 amide bonds. The Morgan fingerprint density at radius 2 is 0.719 bits per heavy atom. The lowest BCUT2D eigenvalue weighted by molar-refractivity contribution is 0.753. The van der Waals surface area contributed by atoms with Crippen LogP contribution in [0.25, 0.3) is 33.4 Å². The number of hydrogen-bond donors (Lipinski definition) is 0. The molecule has 0 saturated carbocycles. The summed E-state index contributed by atoms with van der Waals surface area (Å²) in [4.78, 5) is 2.44. The number of anilines is 3. The molecule has 1 aliphatic heterocycles. The lowest BCUT2D eigenvalue weighted by Crippen LogP contribution is -2.36. The number of fused-ring (bicyclic) bond motifs is 9. The van der Waals surface area contributed by atoms with E-state index in [0.29, 0.717) is 0 Å². The lowest BCUT2D eigenvalue weighted by Gasteiger charge is -2.45. The zero-order valence-corrected chi connectivity index (χ0v) is 31.5. The fourth-order valence-corrected chi connectivity index (χ4v) is 9.73. The van der Waals surface area contributed by atoms with Crippen LogP contribution in [-0.4, -0.2) is 0 Å². The lowest BCUT2D eigenvalue weighted by atomic mass is 9.64. The molecule has 1 unspecified atom stereocenters. The van der Waals surface area contributed by atoms with Crippen molar-refractivity contribution in [3.05, 3.63) is 269 Å². The van der Waals surface area contributed by atoms with Gasteiger partial charge in [0.2, 0.25) is 0 Å². The van der Waals surface area contributed by atoms with E-state index in [1.807, 2.05) is 0 Å². The van der Waals surface area contributed by atoms with Crippen LogP contribution in [0.15, 0.2) is 231 Å². The predicted octanol–water partition coefficient (Wildman–Crippen LogP) is 14.3. The first-order chi connectivity index (χ1) is 28.3. The van der Waals surface area contributed by atoms with Crippen molar-refractivity contribution in [1.29, 1.82) is 0 Å². The monoisotopic (exact) mass is 725 g/mol. The van der Waals surface area contributed by atoms with Crippen LogP contribution in [-0.2, 0) is 5.41 Å². The van der Waals surface area contributed by atoms with Crippen molar-refractivity contribution >= 4 is 17.1 Å². The normalized spacial score (nSPS) is 13.6. The van der Waals surface area contributed by atoms with Crippen LogP contribution in [0, 0.1) is 0 Å². The van der Waals surface area contributed by atoms with Gasteiger partial charge >= 0.3 is 0 Å². The third-order valence-electron chi connectivity index (χ3n) is 12.2. The van der Waals surface area contributed by atoms with E-state index >= 15 is 0 Å². The van der Waals surface area contributed by atoms with Gasteiger partial charge in [-0.1, -0.05) is 200 Å². The highest BCUT2D eigenvalue weighted by Crippen LogP contribution is 2.63. The minimum Gasteiger partial charge on any atom is -0.310 e. The first-order valence-corrected chi connectivity index (χ1v) is 19.9. The van der Waals surface area contributed by atoms with E-state index in [-0.39, 0.29) is 5.92 Å². The molecule has 9 aromatic carbocycles. The maximum atomic E-state index is 2.48. The van der Waals surface area contributed by atoms with E-state index in [0.717, 1.165) is 5.69 Å². The van der Waals surface area contributed by atoms with Crippen LogP contribution in [0.2, 0.25) is 0 Å². The quantitative estimate of drug-likeness (QED) is 0.154. The summed E-state index contributed by atoms with van der Waals surface area (Å²) in [7, 11) is 0. The predicted molar refractivity (Wildman–Crippen MR) is 237 cm³/mol. The van der Waals surface area contributed by atoms with Crippen LogP contribution in [0.4, 0.5) is 17.1 Å². The molecule has 1 heterocycles. The van der Waals surface area contributed by atoms with Gasteiger partial charge in [-0.25, -0.2) is 0 Å². The molecule has 0 radical (unpaired) electrons. The molecule has 1 heteroatoms. The van der Waals surface area contributed by atoms with Crippen molar-refractivity contribution < 1.29 is 0 Å². The third-order valence-corrected chi connectivity index (χ3v) is 12.2. The standard InChI is InChI=1S/C56H39N/c1-4-16-39(17-5-1)40-28-32-43(33-29-40)55(42-18-6-2-7-19-42)44-34-30-41(31-35-44)45-36-37-48-47-22-10-11-23-49(47)56(52(48)38-45)50-24-12-14-26-53(50)57(46-20-8-3-9-21-46)54-27-15-13-25-51(54)56/h1-38,55H. The molecule has 1 atom stereocenters. The molecule has 11 rings (SSSR count). The molecule has 268 valence electrons. The van der Waals surface area contributed by atoms with Crippen molar-refractivity contribution in [2.24, 2.45) is 0 Å². The molecule has 1 nitrogen and oxygen atoms in total. The second kappa shape index (κ2) is 13.5. The Balaban J connectivity index is 1.04. The molecule has 9 aromatic rings. The number of hydrogen-bond acceptors (Lipinski definition) is 1. The summed E-state index contributed by atoms with van der Waals surface area (Å²) in [6.07, 6.45) is 0. The minimum absolute atomic E-state index is 0.116. The van der Waals surface area contributed by atoms with Crippen molar-refractivity contribution in [1.82, 2.24) is 0 Å². The van der Waals surface area contributed by atoms with Gasteiger partial charge in [0.15, 0.2) is 0 Å². The van der Waals surface area contributed by atoms with E-state index in [4.69, 9.17) is 0 Å². The van der Waals surface area contributed by atoms with Gasteiger partial charge in [0.05, 0.1) is 16.8 Å². The second-order valence-corrected chi connectivity index (χ2v) is 15.2. The molecule has 0 fully saturated rings. The highest BCUT2D eigenvalue weighted by Gasteiger charge is 2.51. The maximum Gasteiger partial charge on any atom is 0.0754 e. The van der Waals surface area contributed by atoms with Gasteiger partial charge in [-0.3, -0.25) is 0 Å². The van der Waals surface area contributed by atoms with Crippen LogP contribution in [0.3, 0.4) is 0 Å². The van der Waals surface area contributed by atoms with E-state index in [1.54, 1.807) is 0 Å². The van der Waals surface area contributed by atoms with Crippen LogP contribution < -0.4 is 4.90 Å². The van der Waals surface area contributed by atoms with Crippen molar-refractivity contribution in [3.8, 4) is 33.4 Å². The summed E-state index contributed by atoms with van der Waals surface area (Å²) >= 11 is 0. The first kappa shape index (κ1) is 33.1. The Bertz CT molecular complexity index is 2830. The van der Waals surface area contributed by atoms with Crippen molar-refractivity contribution in [3.63, 3.8) is 0 Å². The van der Waals surface area contributed by atoms with E-state index in [2.05, 4.69) is 235 Å². The smallest absolute Gasteiger partial charge is 0.0754 e. The Morgan fingerprint density at radius 3 is 1.33 bits per heavy atom. The fourth-order valence-electron chi connectivity index (χ4n) is 9.73. The SMILES string of the molecule is c1ccc(-c2ccc(C(c3ccccc3)c3ccc(-c4ccc5c(c4)C4(c6ccccc6-5)c5ccccc5N(c5ccccc5)c5ccccc54)cc3)cc2)cc1. The third kappa shape index (κ3) is 5.24. The van der Waals surface area contributed by atoms with Gasteiger partial charge in [0.1, 0.15) is 0 Å². The Labute approximate surface area is 334 Å². The van der Waals surface area contributed by atoms with Crippen LogP contribution >= 0.6 is 0 Å². The molecule has 0 saturated heterocycles. The van der Waals surface area contributed by atoms with Gasteiger partial charge in [0.25, 0.3) is 0 Å². The molecule has 1 spiro atoms. The van der Waals surface area contributed by atoms with Gasteiger partial charge in [-0.2, -0.15) is 0 Å². The average Bonchev–Trinajstić information content (AvgIpc) is 3.58. The zero-order chi connectivity index (χ0) is 37.8. The number of rotatable bonds is 6. The van der Waals surface area contributed by atoms with Gasteiger partial charge in [-0.05, 0) is 103 Å². The van der Waals surface area contributed by atoms with E-state index in [1.165, 1.54) is 83.7 Å². The Hall–Kier alpha value is -7.22. The molecule has 0 aromatic heterocycles. The molecule has 2 aliphatic rings. The Morgan fingerprint density at radius 1 is 0.298 bits per heavy atom. The van der Waals surface area contributed by atoms with Crippen molar-refractivity contribution in [2.45, 2.75) is 11.3 Å². The van der Waals surface area contributed by atoms with Crippen molar-refractivity contribution in [2.75, 3.05) is 4.90 Å². The summed E-state index contributed by atoms with van der Waals surface area (Å²) in [5, 5.41) is 0. The van der Waals surface area contributed by atoms with E-state index in [9.17, 15) is 0 Å². The summed E-state index contributed by atoms with van der Waals surface area (Å²) in [6.45, 7) is 0. The first-order valence-electron chi connectivity index (χ1n) is 19.9.